The van der Waals surface area contributed by atoms with Crippen molar-refractivity contribution >= 4 is 15.9 Å². The fourth-order valence-electron chi connectivity index (χ4n) is 3.05. The van der Waals surface area contributed by atoms with Crippen LogP contribution < -0.4 is 5.32 Å². The second kappa shape index (κ2) is 5.70. The predicted molar refractivity (Wildman–Crippen MR) is 74.1 cm³/mol. The molecule has 1 atom stereocenters. The zero-order valence-electron chi connectivity index (χ0n) is 11.8. The molecule has 7 heteroatoms. The lowest BCUT2D eigenvalue weighted by atomic mass is 9.86. The van der Waals surface area contributed by atoms with Crippen LogP contribution in [0, 0.1) is 16.7 Å². The standard InChI is InChI=1S/C13H21N3O3S/c1-20(18,19)16-8-4-5-11(9-16)15-12(17)13(10-14)6-2-3-7-13/h11H,2-9H2,1H3,(H,15,17). The van der Waals surface area contributed by atoms with Crippen molar-refractivity contribution in [1.82, 2.24) is 9.62 Å². The van der Waals surface area contributed by atoms with Gasteiger partial charge >= 0.3 is 0 Å². The maximum atomic E-state index is 12.3. The quantitative estimate of drug-likeness (QED) is 0.826. The van der Waals surface area contributed by atoms with Crippen molar-refractivity contribution in [1.29, 1.82) is 5.26 Å². The van der Waals surface area contributed by atoms with Gasteiger partial charge in [-0.2, -0.15) is 5.26 Å². The van der Waals surface area contributed by atoms with Gasteiger partial charge in [0.15, 0.2) is 0 Å². The van der Waals surface area contributed by atoms with E-state index in [1.807, 2.05) is 0 Å². The molecule has 1 aliphatic heterocycles. The topological polar surface area (TPSA) is 90.3 Å². The Labute approximate surface area is 120 Å². The molecule has 112 valence electrons. The van der Waals surface area contributed by atoms with Crippen molar-refractivity contribution in [3.63, 3.8) is 0 Å². The van der Waals surface area contributed by atoms with Gasteiger partial charge in [0.2, 0.25) is 15.9 Å². The van der Waals surface area contributed by atoms with Crippen LogP contribution >= 0.6 is 0 Å². The molecule has 20 heavy (non-hydrogen) atoms. The minimum atomic E-state index is -3.22. The maximum Gasteiger partial charge on any atom is 0.240 e. The number of nitrogens with one attached hydrogen (secondary N) is 1. The number of rotatable bonds is 3. The van der Waals surface area contributed by atoms with Gasteiger partial charge in [0.1, 0.15) is 5.41 Å². The molecule has 0 spiro atoms. The van der Waals surface area contributed by atoms with Crippen LogP contribution in [0.3, 0.4) is 0 Å². The summed E-state index contributed by atoms with van der Waals surface area (Å²) in [6.45, 7) is 0.820. The third kappa shape index (κ3) is 3.13. The van der Waals surface area contributed by atoms with E-state index in [0.29, 0.717) is 25.9 Å². The molecule has 2 rings (SSSR count). The van der Waals surface area contributed by atoms with Gasteiger partial charge < -0.3 is 5.32 Å². The SMILES string of the molecule is CS(=O)(=O)N1CCCC(NC(=O)C2(C#N)CCCC2)C1. The van der Waals surface area contributed by atoms with Crippen LogP contribution in [0.1, 0.15) is 38.5 Å². The van der Waals surface area contributed by atoms with E-state index in [1.165, 1.54) is 10.6 Å². The van der Waals surface area contributed by atoms with Crippen molar-refractivity contribution in [2.75, 3.05) is 19.3 Å². The van der Waals surface area contributed by atoms with Crippen LogP contribution in [0.2, 0.25) is 0 Å². The number of nitrogens with zero attached hydrogens (tertiary/aromatic N) is 2. The van der Waals surface area contributed by atoms with E-state index < -0.39 is 15.4 Å². The average Bonchev–Trinajstić information content (AvgIpc) is 2.88. The predicted octanol–water partition coefficient (Wildman–Crippen LogP) is 0.611. The summed E-state index contributed by atoms with van der Waals surface area (Å²) in [4.78, 5) is 12.3. The second-order valence-electron chi connectivity index (χ2n) is 5.83. The molecule has 0 aromatic heterocycles. The highest BCUT2D eigenvalue weighted by atomic mass is 32.2. The molecule has 1 heterocycles. The molecule has 1 aliphatic carbocycles. The molecule has 6 nitrogen and oxygen atoms in total. The van der Waals surface area contributed by atoms with Gasteiger partial charge in [0, 0.05) is 19.1 Å². The van der Waals surface area contributed by atoms with Gasteiger partial charge in [-0.3, -0.25) is 4.79 Å². The molecular weight excluding hydrogens is 278 g/mol. The first-order valence-corrected chi connectivity index (χ1v) is 8.89. The minimum Gasteiger partial charge on any atom is -0.351 e. The Morgan fingerprint density at radius 3 is 2.55 bits per heavy atom. The highest BCUT2D eigenvalue weighted by Gasteiger charge is 2.42. The maximum absolute atomic E-state index is 12.3. The van der Waals surface area contributed by atoms with Crippen LogP contribution in [-0.2, 0) is 14.8 Å². The Bertz CT molecular complexity index is 517. The largest absolute Gasteiger partial charge is 0.351 e. The third-order valence-corrected chi connectivity index (χ3v) is 5.56. The van der Waals surface area contributed by atoms with Gasteiger partial charge in [0.05, 0.1) is 12.3 Å². The number of carbonyl (C=O) groups is 1. The molecule has 0 radical (unpaired) electrons. The highest BCUT2D eigenvalue weighted by Crippen LogP contribution is 2.37. The number of piperidine rings is 1. The Balaban J connectivity index is 2.00. The molecule has 2 fully saturated rings. The molecule has 1 unspecified atom stereocenters. The lowest BCUT2D eigenvalue weighted by molar-refractivity contribution is -0.129. The highest BCUT2D eigenvalue weighted by molar-refractivity contribution is 7.88. The summed E-state index contributed by atoms with van der Waals surface area (Å²) in [5, 5.41) is 12.2. The first-order chi connectivity index (χ1) is 9.37. The summed E-state index contributed by atoms with van der Waals surface area (Å²) in [5.74, 6) is -0.224. The Morgan fingerprint density at radius 2 is 2.00 bits per heavy atom. The Hall–Kier alpha value is -1.13. The second-order valence-corrected chi connectivity index (χ2v) is 7.82. The van der Waals surface area contributed by atoms with Gasteiger partial charge in [-0.15, -0.1) is 0 Å². The number of amides is 1. The van der Waals surface area contributed by atoms with Crippen molar-refractivity contribution < 1.29 is 13.2 Å². The summed E-state index contributed by atoms with van der Waals surface area (Å²) in [6.07, 6.45) is 5.71. The summed E-state index contributed by atoms with van der Waals surface area (Å²) >= 11 is 0. The zero-order chi connectivity index (χ0) is 14.8. The van der Waals surface area contributed by atoms with Crippen LogP contribution in [0.4, 0.5) is 0 Å². The van der Waals surface area contributed by atoms with Gasteiger partial charge in [0.25, 0.3) is 0 Å². The van der Waals surface area contributed by atoms with Crippen LogP contribution in [0.25, 0.3) is 0 Å². The molecule has 2 aliphatic rings. The number of hydrogen-bond donors (Lipinski definition) is 1. The number of hydrogen-bond acceptors (Lipinski definition) is 4. The average molecular weight is 299 g/mol. The van der Waals surface area contributed by atoms with Crippen LogP contribution in [-0.4, -0.2) is 44.0 Å². The molecule has 1 saturated carbocycles. The van der Waals surface area contributed by atoms with E-state index in [1.54, 1.807) is 0 Å². The van der Waals surface area contributed by atoms with Crippen molar-refractivity contribution in [2.45, 2.75) is 44.6 Å². The van der Waals surface area contributed by atoms with E-state index in [0.717, 1.165) is 25.7 Å². The van der Waals surface area contributed by atoms with Gasteiger partial charge in [-0.25, -0.2) is 12.7 Å². The minimum absolute atomic E-state index is 0.184. The fourth-order valence-corrected chi connectivity index (χ4v) is 3.96. The summed E-state index contributed by atoms with van der Waals surface area (Å²) in [7, 11) is -3.22. The number of sulfonamides is 1. The van der Waals surface area contributed by atoms with Crippen LogP contribution in [0.15, 0.2) is 0 Å². The summed E-state index contributed by atoms with van der Waals surface area (Å²) in [6, 6.07) is 1.98. The molecule has 1 N–H and O–H groups in total. The summed E-state index contributed by atoms with van der Waals surface area (Å²) < 4.78 is 24.5. The van der Waals surface area contributed by atoms with Gasteiger partial charge in [-0.1, -0.05) is 12.8 Å². The summed E-state index contributed by atoms with van der Waals surface area (Å²) in [5.41, 5.74) is -0.895. The molecule has 0 aromatic carbocycles. The smallest absolute Gasteiger partial charge is 0.240 e. The first kappa shape index (κ1) is 15.3. The van der Waals surface area contributed by atoms with Crippen molar-refractivity contribution in [2.24, 2.45) is 5.41 Å². The Kier molecular flexibility index (Phi) is 4.35. The van der Waals surface area contributed by atoms with Crippen molar-refractivity contribution in [3.8, 4) is 6.07 Å². The van der Waals surface area contributed by atoms with E-state index >= 15 is 0 Å². The molecule has 0 aromatic rings. The normalized spacial score (nSPS) is 26.9. The number of carbonyl (C=O) groups excluding carboxylic acids is 1. The Morgan fingerprint density at radius 1 is 1.35 bits per heavy atom. The lowest BCUT2D eigenvalue weighted by Crippen LogP contribution is -2.52. The monoisotopic (exact) mass is 299 g/mol. The molecular formula is C13H21N3O3S. The van der Waals surface area contributed by atoms with Gasteiger partial charge in [-0.05, 0) is 25.7 Å². The van der Waals surface area contributed by atoms with Crippen LogP contribution in [0.5, 0.6) is 0 Å². The van der Waals surface area contributed by atoms with E-state index in [9.17, 15) is 18.5 Å². The van der Waals surface area contributed by atoms with Crippen molar-refractivity contribution in [3.05, 3.63) is 0 Å². The molecule has 1 saturated heterocycles. The third-order valence-electron chi connectivity index (χ3n) is 4.29. The van der Waals surface area contributed by atoms with E-state index in [4.69, 9.17) is 0 Å². The molecule has 1 amide bonds. The first-order valence-electron chi connectivity index (χ1n) is 7.05. The fraction of sp³-hybridized carbons (Fsp3) is 0.846. The lowest BCUT2D eigenvalue weighted by Gasteiger charge is -2.33. The zero-order valence-corrected chi connectivity index (χ0v) is 12.6. The number of nitriles is 1. The van der Waals surface area contributed by atoms with E-state index in [-0.39, 0.29) is 11.9 Å². The van der Waals surface area contributed by atoms with E-state index in [2.05, 4.69) is 11.4 Å². The molecule has 0 bridgehead atoms.